The fourth-order valence-electron chi connectivity index (χ4n) is 3.42. The van der Waals surface area contributed by atoms with Crippen LogP contribution < -0.4 is 4.74 Å². The van der Waals surface area contributed by atoms with Crippen molar-refractivity contribution < 1.29 is 9.53 Å². The summed E-state index contributed by atoms with van der Waals surface area (Å²) in [6, 6.07) is 16.4. The number of piperazine rings is 1. The normalized spacial score (nSPS) is 18.2. The first kappa shape index (κ1) is 17.5. The minimum atomic E-state index is 0.0427. The number of likely N-dealkylation sites (N-methyl/N-ethyl adjacent to an activating group) is 1. The molecule has 2 aromatic carbocycles. The summed E-state index contributed by atoms with van der Waals surface area (Å²) in [5.41, 5.74) is 3.46. The molecule has 0 aliphatic carbocycles. The second-order valence-corrected chi connectivity index (χ2v) is 6.89. The van der Waals surface area contributed by atoms with Crippen LogP contribution >= 0.6 is 0 Å². The molecule has 3 rings (SSSR count). The molecule has 0 saturated carbocycles. The molecular weight excluding hydrogens is 312 g/mol. The van der Waals surface area contributed by atoms with Crippen LogP contribution in [0.2, 0.25) is 0 Å². The lowest BCUT2D eigenvalue weighted by atomic mass is 10.0. The highest BCUT2D eigenvalue weighted by molar-refractivity contribution is 5.78. The van der Waals surface area contributed by atoms with Gasteiger partial charge < -0.3 is 14.5 Å². The smallest absolute Gasteiger partial charge is 0.261 e. The summed E-state index contributed by atoms with van der Waals surface area (Å²) in [4.78, 5) is 17.0. The van der Waals surface area contributed by atoms with Crippen molar-refractivity contribution in [2.24, 2.45) is 0 Å². The number of ether oxygens (including phenoxy) is 1. The van der Waals surface area contributed by atoms with Crippen molar-refractivity contribution in [3.05, 3.63) is 65.2 Å². The van der Waals surface area contributed by atoms with E-state index in [0.717, 1.165) is 36.5 Å². The number of nitrogens with zero attached hydrogens (tertiary/aromatic N) is 2. The zero-order chi connectivity index (χ0) is 17.8. The summed E-state index contributed by atoms with van der Waals surface area (Å²) in [6.45, 7) is 6.61. The average Bonchev–Trinajstić information content (AvgIpc) is 2.59. The molecule has 0 bridgehead atoms. The van der Waals surface area contributed by atoms with Crippen LogP contribution in [0.15, 0.2) is 48.5 Å². The summed E-state index contributed by atoms with van der Waals surface area (Å²) in [6.07, 6.45) is 0. The Balaban J connectivity index is 1.70. The Morgan fingerprint density at radius 3 is 2.44 bits per heavy atom. The van der Waals surface area contributed by atoms with Crippen LogP contribution in [0.4, 0.5) is 0 Å². The molecule has 1 amide bonds. The van der Waals surface area contributed by atoms with Gasteiger partial charge in [-0.25, -0.2) is 0 Å². The van der Waals surface area contributed by atoms with Gasteiger partial charge >= 0.3 is 0 Å². The van der Waals surface area contributed by atoms with Gasteiger partial charge in [-0.15, -0.1) is 0 Å². The lowest BCUT2D eigenvalue weighted by Gasteiger charge is -2.40. The van der Waals surface area contributed by atoms with Gasteiger partial charge in [0.05, 0.1) is 6.04 Å². The van der Waals surface area contributed by atoms with E-state index < -0.39 is 0 Å². The SMILES string of the molecule is Cc1cc(C)cc(OCC(=O)N2CCN(C)CC2c2ccccc2)c1. The number of aryl methyl sites for hydroxylation is 2. The molecule has 1 aliphatic heterocycles. The van der Waals surface area contributed by atoms with Gasteiger partial charge in [-0.3, -0.25) is 4.79 Å². The highest BCUT2D eigenvalue weighted by Gasteiger charge is 2.30. The molecule has 0 aromatic heterocycles. The van der Waals surface area contributed by atoms with E-state index in [1.54, 1.807) is 0 Å². The second-order valence-electron chi connectivity index (χ2n) is 6.89. The standard InChI is InChI=1S/C21H26N2O2/c1-16-11-17(2)13-19(12-16)25-15-21(24)23-10-9-22(3)14-20(23)18-7-5-4-6-8-18/h4-8,11-13,20H,9-10,14-15H2,1-3H3. The summed E-state index contributed by atoms with van der Waals surface area (Å²) in [7, 11) is 2.10. The molecule has 1 atom stereocenters. The summed E-state index contributed by atoms with van der Waals surface area (Å²) in [5.74, 6) is 0.803. The predicted octanol–water partition coefficient (Wildman–Crippen LogP) is 3.20. The van der Waals surface area contributed by atoms with E-state index in [-0.39, 0.29) is 18.6 Å². The first-order valence-corrected chi connectivity index (χ1v) is 8.77. The van der Waals surface area contributed by atoms with Crippen LogP contribution in [0.5, 0.6) is 5.75 Å². The Kier molecular flexibility index (Phi) is 5.39. The van der Waals surface area contributed by atoms with Crippen molar-refractivity contribution >= 4 is 5.91 Å². The quantitative estimate of drug-likeness (QED) is 0.858. The Morgan fingerprint density at radius 2 is 1.76 bits per heavy atom. The largest absolute Gasteiger partial charge is 0.484 e. The Labute approximate surface area is 150 Å². The minimum absolute atomic E-state index is 0.0427. The fraction of sp³-hybridized carbons (Fsp3) is 0.381. The monoisotopic (exact) mass is 338 g/mol. The van der Waals surface area contributed by atoms with Gasteiger partial charge in [0.1, 0.15) is 5.75 Å². The van der Waals surface area contributed by atoms with Crippen LogP contribution in [-0.2, 0) is 4.79 Å². The molecule has 2 aromatic rings. The molecule has 132 valence electrons. The van der Waals surface area contributed by atoms with E-state index in [0.29, 0.717) is 0 Å². The summed E-state index contributed by atoms with van der Waals surface area (Å²) < 4.78 is 5.79. The third-order valence-corrected chi connectivity index (χ3v) is 4.65. The molecule has 4 heteroatoms. The van der Waals surface area contributed by atoms with Crippen molar-refractivity contribution in [2.45, 2.75) is 19.9 Å². The zero-order valence-corrected chi connectivity index (χ0v) is 15.2. The molecule has 0 radical (unpaired) electrons. The molecule has 1 heterocycles. The maximum atomic E-state index is 12.8. The van der Waals surface area contributed by atoms with E-state index in [2.05, 4.69) is 30.1 Å². The Morgan fingerprint density at radius 1 is 1.08 bits per heavy atom. The summed E-state index contributed by atoms with van der Waals surface area (Å²) in [5, 5.41) is 0. The average molecular weight is 338 g/mol. The van der Waals surface area contributed by atoms with E-state index >= 15 is 0 Å². The van der Waals surface area contributed by atoms with Crippen molar-refractivity contribution in [1.82, 2.24) is 9.80 Å². The molecule has 0 N–H and O–H groups in total. The van der Waals surface area contributed by atoms with E-state index in [9.17, 15) is 4.79 Å². The maximum absolute atomic E-state index is 12.8. The second kappa shape index (κ2) is 7.70. The number of benzene rings is 2. The highest BCUT2D eigenvalue weighted by atomic mass is 16.5. The molecular formula is C21H26N2O2. The molecule has 25 heavy (non-hydrogen) atoms. The van der Waals surface area contributed by atoms with Gasteiger partial charge in [-0.2, -0.15) is 0 Å². The molecule has 0 spiro atoms. The first-order valence-electron chi connectivity index (χ1n) is 8.77. The van der Waals surface area contributed by atoms with E-state index in [4.69, 9.17) is 4.74 Å². The maximum Gasteiger partial charge on any atom is 0.261 e. The number of hydrogen-bond acceptors (Lipinski definition) is 3. The third-order valence-electron chi connectivity index (χ3n) is 4.65. The van der Waals surface area contributed by atoms with Gasteiger partial charge in [0.15, 0.2) is 6.61 Å². The topological polar surface area (TPSA) is 32.8 Å². The van der Waals surface area contributed by atoms with Gasteiger partial charge in [0.2, 0.25) is 0 Å². The Bertz CT molecular complexity index is 710. The fourth-order valence-corrected chi connectivity index (χ4v) is 3.42. The van der Waals surface area contributed by atoms with Crippen molar-refractivity contribution in [3.63, 3.8) is 0 Å². The molecule has 1 aliphatic rings. The van der Waals surface area contributed by atoms with E-state index in [1.165, 1.54) is 5.56 Å². The van der Waals surface area contributed by atoms with Gasteiger partial charge in [-0.05, 0) is 49.7 Å². The zero-order valence-electron chi connectivity index (χ0n) is 15.2. The number of carbonyl (C=O) groups is 1. The van der Waals surface area contributed by atoms with Crippen molar-refractivity contribution in [1.29, 1.82) is 0 Å². The molecule has 1 saturated heterocycles. The molecule has 4 nitrogen and oxygen atoms in total. The number of carbonyl (C=O) groups excluding carboxylic acids is 1. The highest BCUT2D eigenvalue weighted by Crippen LogP contribution is 2.25. The first-order chi connectivity index (χ1) is 12.0. The van der Waals surface area contributed by atoms with Crippen LogP contribution in [0.1, 0.15) is 22.7 Å². The van der Waals surface area contributed by atoms with Gasteiger partial charge in [0.25, 0.3) is 5.91 Å². The Hall–Kier alpha value is -2.33. The van der Waals surface area contributed by atoms with Crippen LogP contribution in [0, 0.1) is 13.8 Å². The van der Waals surface area contributed by atoms with E-state index in [1.807, 2.05) is 49.1 Å². The summed E-state index contributed by atoms with van der Waals surface area (Å²) >= 11 is 0. The number of hydrogen-bond donors (Lipinski definition) is 0. The molecule has 1 fully saturated rings. The molecule has 1 unspecified atom stereocenters. The number of rotatable bonds is 4. The lowest BCUT2D eigenvalue weighted by Crippen LogP contribution is -2.50. The van der Waals surface area contributed by atoms with Gasteiger partial charge in [-0.1, -0.05) is 36.4 Å². The number of amides is 1. The van der Waals surface area contributed by atoms with Gasteiger partial charge in [0, 0.05) is 19.6 Å². The lowest BCUT2D eigenvalue weighted by molar-refractivity contribution is -0.138. The predicted molar refractivity (Wildman–Crippen MR) is 99.8 cm³/mol. The minimum Gasteiger partial charge on any atom is -0.484 e. The van der Waals surface area contributed by atoms with Crippen LogP contribution in [-0.4, -0.2) is 49.0 Å². The van der Waals surface area contributed by atoms with Crippen molar-refractivity contribution in [2.75, 3.05) is 33.3 Å². The van der Waals surface area contributed by atoms with Crippen LogP contribution in [0.3, 0.4) is 0 Å². The van der Waals surface area contributed by atoms with Crippen LogP contribution in [0.25, 0.3) is 0 Å². The van der Waals surface area contributed by atoms with Crippen molar-refractivity contribution in [3.8, 4) is 5.75 Å². The third kappa shape index (κ3) is 4.40.